The van der Waals surface area contributed by atoms with Crippen LogP contribution in [0.15, 0.2) is 6.07 Å². The van der Waals surface area contributed by atoms with Gasteiger partial charge in [0.25, 0.3) is 0 Å². The van der Waals surface area contributed by atoms with Gasteiger partial charge in [0.1, 0.15) is 24.4 Å². The Morgan fingerprint density at radius 2 is 1.86 bits per heavy atom. The standard InChI is InChI=1S/C21H30O8/c1-10-6-12-7-21(3,9-23)19(27)15(12)11(2)13(10)4-5-28-20-18(26)17(25)16(24)14(8-22)29-20/h6,14,16-18,20,22-26H,4-5,7-9H2,1-3H3/t14-,16-,17+,18-,20-,21+/m1/s1. The van der Waals surface area contributed by atoms with Gasteiger partial charge in [0.15, 0.2) is 12.1 Å². The van der Waals surface area contributed by atoms with Gasteiger partial charge in [-0.3, -0.25) is 4.79 Å². The third kappa shape index (κ3) is 3.86. The highest BCUT2D eigenvalue weighted by atomic mass is 16.7. The first kappa shape index (κ1) is 22.3. The molecule has 6 atom stereocenters. The fraction of sp³-hybridized carbons (Fsp3) is 0.667. The SMILES string of the molecule is Cc1cc2c(c(C)c1CCO[C@@H]1O[C@H](CO)[C@@H](O)[C@H](O)[C@H]1O)C(=O)[C@](C)(CO)C2. The van der Waals surface area contributed by atoms with Crippen molar-refractivity contribution < 1.29 is 39.8 Å². The summed E-state index contributed by atoms with van der Waals surface area (Å²) in [5, 5.41) is 48.7. The summed E-state index contributed by atoms with van der Waals surface area (Å²) in [5.74, 6) is -0.0522. The van der Waals surface area contributed by atoms with Crippen LogP contribution in [0.5, 0.6) is 0 Å². The van der Waals surface area contributed by atoms with E-state index in [-0.39, 0.29) is 19.0 Å². The summed E-state index contributed by atoms with van der Waals surface area (Å²) in [6, 6.07) is 1.98. The van der Waals surface area contributed by atoms with Crippen LogP contribution < -0.4 is 0 Å². The monoisotopic (exact) mass is 410 g/mol. The summed E-state index contributed by atoms with van der Waals surface area (Å²) >= 11 is 0. The Bertz CT molecular complexity index is 776. The number of carbonyl (C=O) groups is 1. The van der Waals surface area contributed by atoms with Crippen molar-refractivity contribution in [2.45, 2.75) is 64.3 Å². The van der Waals surface area contributed by atoms with Crippen LogP contribution in [0, 0.1) is 19.3 Å². The molecule has 0 amide bonds. The van der Waals surface area contributed by atoms with Gasteiger partial charge in [-0.25, -0.2) is 0 Å². The first-order valence-corrected chi connectivity index (χ1v) is 9.84. The van der Waals surface area contributed by atoms with Gasteiger partial charge in [0.05, 0.1) is 25.2 Å². The van der Waals surface area contributed by atoms with Crippen molar-refractivity contribution in [1.82, 2.24) is 0 Å². The molecule has 1 aliphatic heterocycles. The van der Waals surface area contributed by atoms with Gasteiger partial charge in [-0.15, -0.1) is 0 Å². The molecule has 0 bridgehead atoms. The van der Waals surface area contributed by atoms with Crippen molar-refractivity contribution in [3.63, 3.8) is 0 Å². The lowest BCUT2D eigenvalue weighted by Crippen LogP contribution is -2.59. The topological polar surface area (TPSA) is 137 Å². The number of benzene rings is 1. The second-order valence-electron chi connectivity index (χ2n) is 8.37. The Labute approximate surface area is 169 Å². The van der Waals surface area contributed by atoms with Crippen LogP contribution in [-0.2, 0) is 22.3 Å². The molecule has 0 aromatic heterocycles. The Morgan fingerprint density at radius 3 is 2.48 bits per heavy atom. The second-order valence-corrected chi connectivity index (χ2v) is 8.37. The van der Waals surface area contributed by atoms with E-state index in [0.717, 1.165) is 22.3 Å². The lowest BCUT2D eigenvalue weighted by atomic mass is 9.86. The van der Waals surface area contributed by atoms with Crippen LogP contribution in [-0.4, -0.2) is 81.8 Å². The van der Waals surface area contributed by atoms with E-state index in [9.17, 15) is 30.3 Å². The van der Waals surface area contributed by atoms with Crippen LogP contribution in [0.2, 0.25) is 0 Å². The van der Waals surface area contributed by atoms with E-state index in [4.69, 9.17) is 9.47 Å². The average Bonchev–Trinajstić information content (AvgIpc) is 2.94. The number of aliphatic hydroxyl groups excluding tert-OH is 5. The summed E-state index contributed by atoms with van der Waals surface area (Å²) < 4.78 is 10.9. The minimum atomic E-state index is -1.48. The van der Waals surface area contributed by atoms with Crippen LogP contribution in [0.25, 0.3) is 0 Å². The maximum absolute atomic E-state index is 12.8. The lowest BCUT2D eigenvalue weighted by molar-refractivity contribution is -0.300. The molecule has 1 saturated heterocycles. The molecular formula is C21H30O8. The molecule has 0 spiro atoms. The molecule has 1 fully saturated rings. The van der Waals surface area contributed by atoms with Crippen molar-refractivity contribution in [2.75, 3.05) is 19.8 Å². The smallest absolute Gasteiger partial charge is 0.186 e. The van der Waals surface area contributed by atoms with Crippen molar-refractivity contribution in [2.24, 2.45) is 5.41 Å². The largest absolute Gasteiger partial charge is 0.395 e. The molecule has 162 valence electrons. The molecule has 3 rings (SSSR count). The number of ketones is 1. The van der Waals surface area contributed by atoms with Crippen molar-refractivity contribution in [3.05, 3.63) is 33.9 Å². The number of hydrogen-bond acceptors (Lipinski definition) is 8. The highest BCUT2D eigenvalue weighted by Gasteiger charge is 2.44. The molecule has 1 aromatic rings. The minimum absolute atomic E-state index is 0.0522. The van der Waals surface area contributed by atoms with Crippen LogP contribution in [0.1, 0.15) is 39.5 Å². The maximum Gasteiger partial charge on any atom is 0.186 e. The number of carbonyl (C=O) groups excluding carboxylic acids is 1. The van der Waals surface area contributed by atoms with E-state index in [1.165, 1.54) is 0 Å². The number of fused-ring (bicyclic) bond motifs is 1. The average molecular weight is 410 g/mol. The van der Waals surface area contributed by atoms with E-state index >= 15 is 0 Å². The van der Waals surface area contributed by atoms with Crippen molar-refractivity contribution in [3.8, 4) is 0 Å². The van der Waals surface area contributed by atoms with Gasteiger partial charge < -0.3 is 35.0 Å². The maximum atomic E-state index is 12.8. The van der Waals surface area contributed by atoms with Gasteiger partial charge in [-0.2, -0.15) is 0 Å². The second kappa shape index (κ2) is 8.39. The number of aliphatic hydroxyl groups is 5. The van der Waals surface area contributed by atoms with Gasteiger partial charge in [-0.05, 0) is 55.9 Å². The van der Waals surface area contributed by atoms with Crippen LogP contribution in [0.4, 0.5) is 0 Å². The van der Waals surface area contributed by atoms with Crippen molar-refractivity contribution >= 4 is 5.78 Å². The van der Waals surface area contributed by atoms with E-state index in [1.807, 2.05) is 19.9 Å². The molecule has 1 aliphatic carbocycles. The third-order valence-electron chi connectivity index (χ3n) is 6.20. The molecule has 0 unspecified atom stereocenters. The van der Waals surface area contributed by atoms with Crippen LogP contribution >= 0.6 is 0 Å². The fourth-order valence-corrected chi connectivity index (χ4v) is 4.36. The summed E-state index contributed by atoms with van der Waals surface area (Å²) in [6.45, 7) is 5.04. The van der Waals surface area contributed by atoms with E-state index in [0.29, 0.717) is 18.4 Å². The zero-order chi connectivity index (χ0) is 21.5. The molecule has 0 saturated carbocycles. The van der Waals surface area contributed by atoms with Crippen LogP contribution in [0.3, 0.4) is 0 Å². The zero-order valence-electron chi connectivity index (χ0n) is 17.0. The van der Waals surface area contributed by atoms with Gasteiger partial charge in [0, 0.05) is 5.56 Å². The van der Waals surface area contributed by atoms with E-state index in [2.05, 4.69) is 0 Å². The first-order valence-electron chi connectivity index (χ1n) is 9.84. The normalized spacial score (nSPS) is 34.5. The predicted octanol–water partition coefficient (Wildman–Crippen LogP) is -0.600. The van der Waals surface area contributed by atoms with Gasteiger partial charge >= 0.3 is 0 Å². The van der Waals surface area contributed by atoms with Gasteiger partial charge in [-0.1, -0.05) is 6.07 Å². The molecule has 5 N–H and O–H groups in total. The fourth-order valence-electron chi connectivity index (χ4n) is 4.36. The van der Waals surface area contributed by atoms with Crippen molar-refractivity contribution in [1.29, 1.82) is 0 Å². The molecule has 29 heavy (non-hydrogen) atoms. The number of rotatable bonds is 6. The Hall–Kier alpha value is -1.39. The number of hydrogen-bond donors (Lipinski definition) is 5. The third-order valence-corrected chi connectivity index (χ3v) is 6.20. The predicted molar refractivity (Wildman–Crippen MR) is 103 cm³/mol. The summed E-state index contributed by atoms with van der Waals surface area (Å²) in [6.07, 6.45) is -5.59. The molecule has 8 heteroatoms. The lowest BCUT2D eigenvalue weighted by Gasteiger charge is -2.39. The molecule has 8 nitrogen and oxygen atoms in total. The summed E-state index contributed by atoms with van der Waals surface area (Å²) in [7, 11) is 0. The molecule has 0 radical (unpaired) electrons. The zero-order valence-corrected chi connectivity index (χ0v) is 17.0. The number of ether oxygens (including phenoxy) is 2. The summed E-state index contributed by atoms with van der Waals surface area (Å²) in [4.78, 5) is 12.8. The highest BCUT2D eigenvalue weighted by Crippen LogP contribution is 2.40. The Morgan fingerprint density at radius 1 is 1.17 bits per heavy atom. The Kier molecular flexibility index (Phi) is 6.45. The first-order chi connectivity index (χ1) is 13.6. The highest BCUT2D eigenvalue weighted by molar-refractivity contribution is 6.06. The number of Topliss-reactive ketones (excluding diaryl/α,β-unsaturated/α-hetero) is 1. The van der Waals surface area contributed by atoms with E-state index in [1.54, 1.807) is 6.92 Å². The van der Waals surface area contributed by atoms with E-state index < -0.39 is 42.7 Å². The molecule has 1 heterocycles. The number of aryl methyl sites for hydroxylation is 1. The molecular weight excluding hydrogens is 380 g/mol. The Balaban J connectivity index is 1.72. The molecule has 2 aliphatic rings. The summed E-state index contributed by atoms with van der Waals surface area (Å²) in [5.41, 5.74) is 3.64. The molecule has 1 aromatic carbocycles. The minimum Gasteiger partial charge on any atom is -0.395 e. The quantitative estimate of drug-likeness (QED) is 0.419. The van der Waals surface area contributed by atoms with Gasteiger partial charge in [0.2, 0.25) is 0 Å².